The quantitative estimate of drug-likeness (QED) is 0.737. The minimum atomic E-state index is -2.64. The van der Waals surface area contributed by atoms with Crippen LogP contribution in [0.2, 0.25) is 0 Å². The molecule has 1 saturated heterocycles. The molecule has 0 bridgehead atoms. The Kier molecular flexibility index (Phi) is 3.43. The molecule has 0 aliphatic carbocycles. The highest BCUT2D eigenvalue weighted by Gasteiger charge is 2.35. The van der Waals surface area contributed by atoms with E-state index in [0.29, 0.717) is 11.0 Å². The molecule has 2 radical (unpaired) electrons. The Labute approximate surface area is 123 Å². The van der Waals surface area contributed by atoms with Crippen molar-refractivity contribution in [2.45, 2.75) is 18.8 Å². The van der Waals surface area contributed by atoms with Crippen molar-refractivity contribution < 1.29 is 13.6 Å². The normalized spacial score (nSPS) is 17.9. The molecule has 21 heavy (non-hydrogen) atoms. The highest BCUT2D eigenvalue weighted by molar-refractivity contribution is 6.33. The Morgan fingerprint density at radius 3 is 2.38 bits per heavy atom. The van der Waals surface area contributed by atoms with E-state index in [0.717, 1.165) is 10.8 Å². The van der Waals surface area contributed by atoms with Crippen LogP contribution in [0.4, 0.5) is 8.78 Å². The third-order valence-corrected chi connectivity index (χ3v) is 3.89. The van der Waals surface area contributed by atoms with Crippen LogP contribution in [0.5, 0.6) is 0 Å². The lowest BCUT2D eigenvalue weighted by molar-refractivity contribution is -0.0494. The van der Waals surface area contributed by atoms with Crippen molar-refractivity contribution in [3.8, 4) is 0 Å². The van der Waals surface area contributed by atoms with Crippen LogP contribution in [-0.4, -0.2) is 37.7 Å². The number of piperidine rings is 1. The van der Waals surface area contributed by atoms with Crippen molar-refractivity contribution in [1.29, 1.82) is 0 Å². The SMILES string of the molecule is [B]c1ccc2cc(C(=O)N3CCC(F)(F)CC3)ccc2c1. The van der Waals surface area contributed by atoms with Gasteiger partial charge in [0.2, 0.25) is 0 Å². The summed E-state index contributed by atoms with van der Waals surface area (Å²) in [6.45, 7) is 0.206. The van der Waals surface area contributed by atoms with Crippen molar-refractivity contribution in [2.24, 2.45) is 0 Å². The topological polar surface area (TPSA) is 20.3 Å². The fourth-order valence-corrected chi connectivity index (χ4v) is 2.62. The first-order valence-electron chi connectivity index (χ1n) is 6.91. The van der Waals surface area contributed by atoms with Crippen molar-refractivity contribution in [1.82, 2.24) is 4.90 Å². The number of fused-ring (bicyclic) bond motifs is 1. The van der Waals surface area contributed by atoms with Gasteiger partial charge >= 0.3 is 0 Å². The van der Waals surface area contributed by atoms with E-state index in [9.17, 15) is 13.6 Å². The molecule has 1 amide bonds. The van der Waals surface area contributed by atoms with Gasteiger partial charge < -0.3 is 4.90 Å². The maximum Gasteiger partial charge on any atom is 0.253 e. The summed E-state index contributed by atoms with van der Waals surface area (Å²) in [6.07, 6.45) is -0.522. The zero-order chi connectivity index (χ0) is 15.0. The predicted octanol–water partition coefficient (Wildman–Crippen LogP) is 2.50. The predicted molar refractivity (Wildman–Crippen MR) is 79.4 cm³/mol. The Balaban J connectivity index is 1.83. The number of nitrogens with zero attached hydrogens (tertiary/aromatic N) is 1. The summed E-state index contributed by atoms with van der Waals surface area (Å²) in [7, 11) is 5.72. The van der Waals surface area contributed by atoms with Crippen LogP contribution >= 0.6 is 0 Å². The first-order valence-corrected chi connectivity index (χ1v) is 6.91. The van der Waals surface area contributed by atoms with Crippen LogP contribution in [-0.2, 0) is 0 Å². The third kappa shape index (κ3) is 2.92. The summed E-state index contributed by atoms with van der Waals surface area (Å²) in [5, 5.41) is 1.87. The number of carbonyl (C=O) groups excluding carboxylic acids is 1. The molecule has 0 N–H and O–H groups in total. The number of rotatable bonds is 1. The molecule has 2 aromatic rings. The second kappa shape index (κ2) is 5.13. The van der Waals surface area contributed by atoms with Crippen LogP contribution in [0.25, 0.3) is 10.8 Å². The van der Waals surface area contributed by atoms with E-state index in [-0.39, 0.29) is 31.8 Å². The largest absolute Gasteiger partial charge is 0.338 e. The van der Waals surface area contributed by atoms with Gasteiger partial charge in [0.15, 0.2) is 0 Å². The van der Waals surface area contributed by atoms with E-state index in [1.54, 1.807) is 18.2 Å². The number of halogens is 2. The zero-order valence-electron chi connectivity index (χ0n) is 11.5. The summed E-state index contributed by atoms with van der Waals surface area (Å²) in [6, 6.07) is 10.8. The summed E-state index contributed by atoms with van der Waals surface area (Å²) in [5.74, 6) is -2.83. The zero-order valence-corrected chi connectivity index (χ0v) is 11.5. The van der Waals surface area contributed by atoms with Gasteiger partial charge in [-0.05, 0) is 22.9 Å². The molecule has 5 heteroatoms. The van der Waals surface area contributed by atoms with Crippen molar-refractivity contribution in [3.63, 3.8) is 0 Å². The molecule has 0 spiro atoms. The highest BCUT2D eigenvalue weighted by atomic mass is 19.3. The van der Waals surface area contributed by atoms with Gasteiger partial charge in [-0.15, -0.1) is 0 Å². The second-order valence-electron chi connectivity index (χ2n) is 5.47. The molecule has 0 aromatic heterocycles. The van der Waals surface area contributed by atoms with Gasteiger partial charge in [0.1, 0.15) is 7.85 Å². The first kappa shape index (κ1) is 14.0. The molecule has 1 fully saturated rings. The smallest absolute Gasteiger partial charge is 0.253 e. The van der Waals surface area contributed by atoms with E-state index in [4.69, 9.17) is 7.85 Å². The Morgan fingerprint density at radius 2 is 1.67 bits per heavy atom. The molecule has 2 aromatic carbocycles. The molecule has 0 atom stereocenters. The molecule has 0 saturated carbocycles. The number of hydrogen-bond acceptors (Lipinski definition) is 1. The highest BCUT2D eigenvalue weighted by Crippen LogP contribution is 2.28. The third-order valence-electron chi connectivity index (χ3n) is 3.89. The molecule has 3 rings (SSSR count). The monoisotopic (exact) mass is 285 g/mol. The van der Waals surface area contributed by atoms with E-state index in [2.05, 4.69) is 0 Å². The second-order valence-corrected chi connectivity index (χ2v) is 5.47. The van der Waals surface area contributed by atoms with E-state index in [1.165, 1.54) is 4.90 Å². The minimum Gasteiger partial charge on any atom is -0.338 e. The molecule has 1 aliphatic heterocycles. The van der Waals surface area contributed by atoms with Gasteiger partial charge in [0.25, 0.3) is 11.8 Å². The summed E-state index contributed by atoms with van der Waals surface area (Å²) >= 11 is 0. The minimum absolute atomic E-state index is 0.103. The standard InChI is InChI=1S/C16H14BF2NO/c17-14-4-3-11-9-13(2-1-12(11)10-14)15(21)20-7-5-16(18,19)6-8-20/h1-4,9-10H,5-8H2. The molecule has 2 nitrogen and oxygen atoms in total. The molecule has 1 aliphatic rings. The number of likely N-dealkylation sites (tertiary alicyclic amines) is 1. The molecular weight excluding hydrogens is 271 g/mol. The summed E-state index contributed by atoms with van der Waals surface area (Å²) < 4.78 is 26.3. The van der Waals surface area contributed by atoms with Crippen LogP contribution in [0.1, 0.15) is 23.2 Å². The molecule has 1 heterocycles. The van der Waals surface area contributed by atoms with Gasteiger partial charge in [0.05, 0.1) is 0 Å². The van der Waals surface area contributed by atoms with Gasteiger partial charge in [-0.25, -0.2) is 8.78 Å². The van der Waals surface area contributed by atoms with Crippen LogP contribution in [0.3, 0.4) is 0 Å². The lowest BCUT2D eigenvalue weighted by Gasteiger charge is -2.31. The lowest BCUT2D eigenvalue weighted by Crippen LogP contribution is -2.42. The van der Waals surface area contributed by atoms with Gasteiger partial charge in [-0.1, -0.05) is 29.7 Å². The molecule has 106 valence electrons. The maximum absolute atomic E-state index is 13.1. The number of carbonyl (C=O) groups is 1. The Hall–Kier alpha value is -1.91. The van der Waals surface area contributed by atoms with Crippen LogP contribution in [0, 0.1) is 0 Å². The van der Waals surface area contributed by atoms with Gasteiger partial charge in [-0.2, -0.15) is 0 Å². The summed E-state index contributed by atoms with van der Waals surface area (Å²) in [4.78, 5) is 13.9. The summed E-state index contributed by atoms with van der Waals surface area (Å²) in [5.41, 5.74) is 1.19. The molecular formula is C16H14BF2NO. The van der Waals surface area contributed by atoms with Gasteiger partial charge in [0, 0.05) is 31.5 Å². The van der Waals surface area contributed by atoms with E-state index >= 15 is 0 Å². The number of alkyl halides is 2. The van der Waals surface area contributed by atoms with Crippen LogP contribution in [0.15, 0.2) is 36.4 Å². The number of benzene rings is 2. The first-order chi connectivity index (χ1) is 9.94. The molecule has 0 unspecified atom stereocenters. The number of amides is 1. The Bertz CT molecular complexity index is 692. The number of hydrogen-bond donors (Lipinski definition) is 0. The fourth-order valence-electron chi connectivity index (χ4n) is 2.62. The van der Waals surface area contributed by atoms with Crippen molar-refractivity contribution >= 4 is 30.0 Å². The Morgan fingerprint density at radius 1 is 1.05 bits per heavy atom. The average Bonchev–Trinajstić information content (AvgIpc) is 2.46. The fraction of sp³-hybridized carbons (Fsp3) is 0.312. The van der Waals surface area contributed by atoms with Crippen LogP contribution < -0.4 is 5.46 Å². The van der Waals surface area contributed by atoms with E-state index < -0.39 is 5.92 Å². The van der Waals surface area contributed by atoms with Crippen molar-refractivity contribution in [3.05, 3.63) is 42.0 Å². The van der Waals surface area contributed by atoms with Crippen molar-refractivity contribution in [2.75, 3.05) is 13.1 Å². The van der Waals surface area contributed by atoms with Gasteiger partial charge in [-0.3, -0.25) is 4.79 Å². The van der Waals surface area contributed by atoms with E-state index in [1.807, 2.05) is 18.2 Å². The average molecular weight is 285 g/mol. The maximum atomic E-state index is 13.1. The lowest BCUT2D eigenvalue weighted by atomic mass is 9.93.